The number of hydrogen-bond acceptors (Lipinski definition) is 3. The van der Waals surface area contributed by atoms with Gasteiger partial charge in [-0.25, -0.2) is 4.39 Å². The van der Waals surface area contributed by atoms with Crippen LogP contribution in [0.2, 0.25) is 0 Å². The SMILES string of the molecule is CC(N)(CN1CCN(c2ccc(F)cc2)CC1)C1CC1. The lowest BCUT2D eigenvalue weighted by Gasteiger charge is -2.39. The third-order valence-electron chi connectivity index (χ3n) is 4.64. The molecule has 2 aliphatic rings. The second-order valence-corrected chi connectivity index (χ2v) is 6.52. The zero-order valence-corrected chi connectivity index (χ0v) is 12.2. The summed E-state index contributed by atoms with van der Waals surface area (Å²) < 4.78 is 12.9. The van der Waals surface area contributed by atoms with Crippen LogP contribution >= 0.6 is 0 Å². The first-order valence-electron chi connectivity index (χ1n) is 7.56. The van der Waals surface area contributed by atoms with Crippen LogP contribution in [0.25, 0.3) is 0 Å². The monoisotopic (exact) mass is 277 g/mol. The summed E-state index contributed by atoms with van der Waals surface area (Å²) in [6, 6.07) is 6.79. The molecule has 3 rings (SSSR count). The molecule has 20 heavy (non-hydrogen) atoms. The summed E-state index contributed by atoms with van der Waals surface area (Å²) >= 11 is 0. The second-order valence-electron chi connectivity index (χ2n) is 6.52. The first-order chi connectivity index (χ1) is 9.54. The van der Waals surface area contributed by atoms with Crippen LogP contribution in [0.3, 0.4) is 0 Å². The number of piperazine rings is 1. The highest BCUT2D eigenvalue weighted by molar-refractivity contribution is 5.46. The van der Waals surface area contributed by atoms with Crippen molar-refractivity contribution in [2.45, 2.75) is 25.3 Å². The Morgan fingerprint density at radius 1 is 1.15 bits per heavy atom. The second kappa shape index (κ2) is 5.34. The number of nitrogens with two attached hydrogens (primary N) is 1. The molecule has 1 aromatic carbocycles. The quantitative estimate of drug-likeness (QED) is 0.914. The van der Waals surface area contributed by atoms with Crippen molar-refractivity contribution in [3.05, 3.63) is 30.1 Å². The van der Waals surface area contributed by atoms with Crippen LogP contribution in [0, 0.1) is 11.7 Å². The number of anilines is 1. The first-order valence-corrected chi connectivity index (χ1v) is 7.56. The molecule has 1 aromatic rings. The molecule has 2 N–H and O–H groups in total. The van der Waals surface area contributed by atoms with E-state index in [2.05, 4.69) is 16.7 Å². The fourth-order valence-electron chi connectivity index (χ4n) is 3.17. The Labute approximate surface area is 120 Å². The zero-order valence-electron chi connectivity index (χ0n) is 12.2. The van der Waals surface area contributed by atoms with Crippen molar-refractivity contribution < 1.29 is 4.39 Å². The number of rotatable bonds is 4. The van der Waals surface area contributed by atoms with Gasteiger partial charge >= 0.3 is 0 Å². The van der Waals surface area contributed by atoms with Gasteiger partial charge < -0.3 is 10.6 Å². The van der Waals surface area contributed by atoms with Crippen LogP contribution in [0.4, 0.5) is 10.1 Å². The van der Waals surface area contributed by atoms with Crippen molar-refractivity contribution in [3.8, 4) is 0 Å². The predicted octanol–water partition coefficient (Wildman–Crippen LogP) is 2.08. The minimum Gasteiger partial charge on any atom is -0.369 e. The smallest absolute Gasteiger partial charge is 0.123 e. The maximum Gasteiger partial charge on any atom is 0.123 e. The summed E-state index contributed by atoms with van der Waals surface area (Å²) in [4.78, 5) is 4.79. The molecule has 2 fully saturated rings. The van der Waals surface area contributed by atoms with E-state index in [4.69, 9.17) is 5.73 Å². The molecule has 1 saturated heterocycles. The standard InChI is InChI=1S/C16H24FN3/c1-16(18,13-2-3-13)12-19-8-10-20(11-9-19)15-6-4-14(17)5-7-15/h4-7,13H,2-3,8-12,18H2,1H3. The third-order valence-corrected chi connectivity index (χ3v) is 4.64. The molecular weight excluding hydrogens is 253 g/mol. The van der Waals surface area contributed by atoms with Crippen LogP contribution < -0.4 is 10.6 Å². The summed E-state index contributed by atoms with van der Waals surface area (Å²) in [5, 5.41) is 0. The summed E-state index contributed by atoms with van der Waals surface area (Å²) in [5.41, 5.74) is 7.50. The fraction of sp³-hybridized carbons (Fsp3) is 0.625. The van der Waals surface area contributed by atoms with Gasteiger partial charge in [0.15, 0.2) is 0 Å². The fourth-order valence-corrected chi connectivity index (χ4v) is 3.17. The molecule has 1 saturated carbocycles. The van der Waals surface area contributed by atoms with Crippen molar-refractivity contribution in [3.63, 3.8) is 0 Å². The number of benzene rings is 1. The molecule has 0 bridgehead atoms. The van der Waals surface area contributed by atoms with Gasteiger partial charge in [0.2, 0.25) is 0 Å². The van der Waals surface area contributed by atoms with Crippen LogP contribution in [-0.4, -0.2) is 43.2 Å². The van der Waals surface area contributed by atoms with Crippen LogP contribution in [0.1, 0.15) is 19.8 Å². The van der Waals surface area contributed by atoms with Gasteiger partial charge in [-0.2, -0.15) is 0 Å². The van der Waals surface area contributed by atoms with E-state index >= 15 is 0 Å². The van der Waals surface area contributed by atoms with Gasteiger partial charge in [0.05, 0.1) is 0 Å². The van der Waals surface area contributed by atoms with E-state index in [0.717, 1.165) is 44.3 Å². The molecule has 110 valence electrons. The van der Waals surface area contributed by atoms with Crippen LogP contribution in [0.5, 0.6) is 0 Å². The Hall–Kier alpha value is -1.13. The number of nitrogens with zero attached hydrogens (tertiary/aromatic N) is 2. The molecule has 1 aliphatic carbocycles. The highest BCUT2D eigenvalue weighted by atomic mass is 19.1. The maximum atomic E-state index is 12.9. The highest BCUT2D eigenvalue weighted by Crippen LogP contribution is 2.38. The lowest BCUT2D eigenvalue weighted by molar-refractivity contribution is 0.193. The average molecular weight is 277 g/mol. The minimum atomic E-state index is -0.171. The normalized spacial score (nSPS) is 23.6. The van der Waals surface area contributed by atoms with Gasteiger partial charge in [0, 0.05) is 44.0 Å². The Balaban J connectivity index is 1.53. The Bertz CT molecular complexity index is 445. The van der Waals surface area contributed by atoms with Gasteiger partial charge in [-0.15, -0.1) is 0 Å². The van der Waals surface area contributed by atoms with Gasteiger partial charge in [-0.05, 0) is 49.9 Å². The Morgan fingerprint density at radius 2 is 1.75 bits per heavy atom. The maximum absolute atomic E-state index is 12.9. The zero-order chi connectivity index (χ0) is 14.2. The van der Waals surface area contributed by atoms with Crippen molar-refractivity contribution in [2.75, 3.05) is 37.6 Å². The van der Waals surface area contributed by atoms with Gasteiger partial charge in [-0.3, -0.25) is 4.90 Å². The van der Waals surface area contributed by atoms with Crippen LogP contribution in [-0.2, 0) is 0 Å². The first kappa shape index (κ1) is 13.8. The minimum absolute atomic E-state index is 0.0297. The van der Waals surface area contributed by atoms with E-state index in [-0.39, 0.29) is 11.4 Å². The molecule has 1 heterocycles. The summed E-state index contributed by atoms with van der Waals surface area (Å²) in [6.07, 6.45) is 2.59. The van der Waals surface area contributed by atoms with Crippen molar-refractivity contribution in [1.29, 1.82) is 0 Å². The molecular formula is C16H24FN3. The molecule has 0 aromatic heterocycles. The molecule has 1 atom stereocenters. The molecule has 4 heteroatoms. The largest absolute Gasteiger partial charge is 0.369 e. The van der Waals surface area contributed by atoms with Gasteiger partial charge in [0.1, 0.15) is 5.82 Å². The lowest BCUT2D eigenvalue weighted by Crippen LogP contribution is -2.55. The average Bonchev–Trinajstić information content (AvgIpc) is 3.25. The lowest BCUT2D eigenvalue weighted by atomic mass is 9.96. The summed E-state index contributed by atoms with van der Waals surface area (Å²) in [5.74, 6) is 0.549. The Morgan fingerprint density at radius 3 is 2.30 bits per heavy atom. The van der Waals surface area contributed by atoms with Crippen molar-refractivity contribution in [2.24, 2.45) is 11.7 Å². The van der Waals surface area contributed by atoms with Crippen molar-refractivity contribution in [1.82, 2.24) is 4.90 Å². The molecule has 1 aliphatic heterocycles. The van der Waals surface area contributed by atoms with E-state index in [1.165, 1.54) is 25.0 Å². The van der Waals surface area contributed by atoms with Gasteiger partial charge in [-0.1, -0.05) is 0 Å². The molecule has 0 radical (unpaired) electrons. The molecule has 0 spiro atoms. The molecule has 0 amide bonds. The number of halogens is 1. The predicted molar refractivity (Wildman–Crippen MR) is 80.4 cm³/mol. The third kappa shape index (κ3) is 3.13. The molecule has 3 nitrogen and oxygen atoms in total. The van der Waals surface area contributed by atoms with E-state index in [1.54, 1.807) is 0 Å². The molecule has 1 unspecified atom stereocenters. The Kier molecular flexibility index (Phi) is 3.69. The summed E-state index contributed by atoms with van der Waals surface area (Å²) in [6.45, 7) is 7.25. The van der Waals surface area contributed by atoms with E-state index in [9.17, 15) is 4.39 Å². The topological polar surface area (TPSA) is 32.5 Å². The number of hydrogen-bond donors (Lipinski definition) is 1. The van der Waals surface area contributed by atoms with Crippen LogP contribution in [0.15, 0.2) is 24.3 Å². The van der Waals surface area contributed by atoms with E-state index in [1.807, 2.05) is 12.1 Å². The van der Waals surface area contributed by atoms with E-state index in [0.29, 0.717) is 0 Å². The van der Waals surface area contributed by atoms with Gasteiger partial charge in [0.25, 0.3) is 0 Å². The highest BCUT2D eigenvalue weighted by Gasteiger charge is 2.39. The van der Waals surface area contributed by atoms with Crippen molar-refractivity contribution >= 4 is 5.69 Å². The van der Waals surface area contributed by atoms with E-state index < -0.39 is 0 Å². The summed E-state index contributed by atoms with van der Waals surface area (Å²) in [7, 11) is 0.